The van der Waals surface area contributed by atoms with Gasteiger partial charge in [0, 0.05) is 32.7 Å². The van der Waals surface area contributed by atoms with E-state index in [0.29, 0.717) is 21.8 Å². The molecule has 0 aliphatic carbocycles. The van der Waals surface area contributed by atoms with Crippen molar-refractivity contribution in [2.24, 2.45) is 0 Å². The van der Waals surface area contributed by atoms with Crippen LogP contribution >= 0.6 is 0 Å². The number of aromatic nitrogens is 4. The molecule has 0 N–H and O–H groups in total. The van der Waals surface area contributed by atoms with Crippen LogP contribution in [0.25, 0.3) is 117 Å². The summed E-state index contributed by atoms with van der Waals surface area (Å²) in [5.74, 6) is -0.0123. The van der Waals surface area contributed by atoms with Crippen LogP contribution in [-0.2, 0) is 0 Å². The van der Waals surface area contributed by atoms with Gasteiger partial charge in [0.15, 0.2) is 8.07 Å². The van der Waals surface area contributed by atoms with Crippen LogP contribution < -0.4 is 30.1 Å². The van der Waals surface area contributed by atoms with Crippen molar-refractivity contribution < 1.29 is 69.6 Å². The second-order valence-corrected chi connectivity index (χ2v) is 25.0. The van der Waals surface area contributed by atoms with Gasteiger partial charge in [-0.05, 0) is 161 Å². The summed E-state index contributed by atoms with van der Waals surface area (Å²) >= 11 is 0. The minimum atomic E-state index is -6.75. The molecule has 458 valence electrons. The molecule has 97 heavy (non-hydrogen) atoms. The van der Waals surface area contributed by atoms with Gasteiger partial charge in [-0.25, -0.2) is 4.98 Å². The second kappa shape index (κ2) is 25.1. The molecule has 17 aromatic rings. The average molecular weight is 1300 g/mol. The zero-order valence-corrected chi connectivity index (χ0v) is 50.7. The third-order valence-corrected chi connectivity index (χ3v) is 20.0. The molecule has 0 bridgehead atoms. The van der Waals surface area contributed by atoms with Crippen LogP contribution in [0, 0.1) is 13.2 Å². The lowest BCUT2D eigenvalue weighted by atomic mass is 9.90. The minimum Gasteiger partial charge on any atom is -0.458 e. The molecule has 0 aliphatic rings. The predicted octanol–water partition coefficient (Wildman–Crippen LogP) is 19.7. The molecule has 0 spiro atoms. The smallest absolute Gasteiger partial charge is 0.269 e. The maximum absolute atomic E-state index is 11.2. The lowest BCUT2D eigenvalue weighted by molar-refractivity contribution is -0.571. The van der Waals surface area contributed by atoms with Crippen LogP contribution in [0.15, 0.2) is 369 Å². The summed E-state index contributed by atoms with van der Waals surface area (Å²) < 4.78 is 423. The zero-order valence-electron chi connectivity index (χ0n) is 93.7. The standard InChI is InChI=1S/C91H64N4OSi/c1-64-54-90(92-62-85(64)68-34-15-5-16-35-68)95-86-49-24-23-46-83(86)84-52-51-76(61-88(84)95)96-75-38-26-37-74(60-75)93-63-94(87-53-50-69(59-89(87)93)65-28-9-2-10-29-65)91-81(47-27-48-82(91)73-56-71(66-30-11-3-12-31-66)55-72(57-73)67-32-13-4-14-33-67)70-36-25-45-80(58-70)97(77-39-17-6-18-40-77,78-41-19-7-20-42-78)79-43-21-8-22-44-79/h2-62H,1H3/i1D3,2D,3D,4D,5D,6D,7D,8D,9D,10D,11D,12D,13D,14D,15D,16D,17D,18D,19D,20D,21D,22D,25D,28D,29D,30D,31D,32D,34D,35D,36D,39D,40D,41D,42D,43D,44D,45D,55D,56D,57D,58D. The molecule has 3 heterocycles. The van der Waals surface area contributed by atoms with Gasteiger partial charge in [0.2, 0.25) is 0 Å². The highest BCUT2D eigenvalue weighted by atomic mass is 28.3. The quantitative estimate of drug-likeness (QED) is 0.0444. The first-order chi connectivity index (χ1) is 66.2. The van der Waals surface area contributed by atoms with Crippen molar-refractivity contribution in [3.05, 3.63) is 381 Å². The van der Waals surface area contributed by atoms with E-state index in [-0.39, 0.29) is 45.2 Å². The summed E-state index contributed by atoms with van der Waals surface area (Å²) in [4.78, 5) is 4.69. The molecule has 0 aliphatic heterocycles. The Morgan fingerprint density at radius 2 is 0.948 bits per heavy atom. The number of imidazole rings is 1. The average Bonchev–Trinajstić information content (AvgIpc) is 0.821. The van der Waals surface area contributed by atoms with Crippen molar-refractivity contribution in [1.82, 2.24) is 14.1 Å². The number of para-hydroxylation sites is 2. The van der Waals surface area contributed by atoms with E-state index in [0.717, 1.165) is 35.0 Å². The number of fused-ring (bicyclic) bond motifs is 4. The van der Waals surface area contributed by atoms with Gasteiger partial charge in [0.1, 0.15) is 17.3 Å². The molecular weight excluding hydrogens is 1190 g/mol. The fraction of sp³-hybridized carbons (Fsp3) is 0.0110. The minimum absolute atomic E-state index is 0.0243. The van der Waals surface area contributed by atoms with Crippen molar-refractivity contribution in [3.8, 4) is 95.5 Å². The third kappa shape index (κ3) is 10.7. The van der Waals surface area contributed by atoms with E-state index in [1.54, 1.807) is 47.0 Å². The summed E-state index contributed by atoms with van der Waals surface area (Å²) in [5, 5.41) is -3.87. The van der Waals surface area contributed by atoms with Crippen molar-refractivity contribution >= 4 is 61.7 Å². The lowest BCUT2D eigenvalue weighted by Gasteiger charge is -2.34. The van der Waals surface area contributed by atoms with Crippen molar-refractivity contribution in [3.63, 3.8) is 0 Å². The van der Waals surface area contributed by atoms with Gasteiger partial charge in [-0.1, -0.05) is 290 Å². The number of benzene rings is 14. The molecule has 0 saturated carbocycles. The Kier molecular flexibility index (Phi) is 7.30. The molecule has 0 fully saturated rings. The first-order valence-corrected chi connectivity index (χ1v) is 31.5. The van der Waals surface area contributed by atoms with Crippen molar-refractivity contribution in [1.29, 1.82) is 0 Å². The van der Waals surface area contributed by atoms with Crippen molar-refractivity contribution in [2.45, 2.75) is 6.85 Å². The molecule has 0 saturated heterocycles. The van der Waals surface area contributed by atoms with Crippen molar-refractivity contribution in [2.75, 3.05) is 0 Å². The van der Waals surface area contributed by atoms with E-state index in [1.807, 2.05) is 0 Å². The third-order valence-electron chi connectivity index (χ3n) is 16.0. The molecular formula is C91H64N4OSi. The molecule has 5 nitrogen and oxygen atoms in total. The highest BCUT2D eigenvalue weighted by molar-refractivity contribution is 7.20. The number of aryl methyl sites for hydroxylation is 1. The van der Waals surface area contributed by atoms with Gasteiger partial charge in [0.25, 0.3) is 6.33 Å². The molecule has 0 atom stereocenters. The van der Waals surface area contributed by atoms with Crippen LogP contribution in [-0.4, -0.2) is 22.2 Å². The predicted molar refractivity (Wildman–Crippen MR) is 403 cm³/mol. The Bertz CT molecular complexity index is 8140. The SMILES string of the molecule is [2H]c1cc(-c2c([2H])c(-c3cccc(-c4c([2H])c([2H])c([2H])c([Si](c5c([2H])c([2H])c([2H])c([2H])c5[2H])(c5c([2H])c([2H])c([2H])c([2H])c5[2H])c5c([2H])c([2H])c([2H])c([2H])c5[2H])c4[2H])c3-[n+]3[c-]n(-c4cccc(Oc5ccc6c7ccccc7n(-c7cc(C([2H])([2H])[2H])c(-c8c([2H])c([2H])c([2H])c([2H])c8[2H])cn7)c6c5)c4)c4cc(-c5c([2H])c([2H])c([2H])c([2H])c5[2H])ccc43)c([2H])c(-c3c([2H])c([2H])c([2H])c([2H])c3[2H])c2[2H])c([2H])c([2H])c1[2H]. The Morgan fingerprint density at radius 1 is 0.392 bits per heavy atom. The zero-order chi connectivity index (χ0) is 103. The summed E-state index contributed by atoms with van der Waals surface area (Å²) in [7, 11) is -6.75. The summed E-state index contributed by atoms with van der Waals surface area (Å²) in [6.07, 6.45) is 4.34. The molecule has 0 amide bonds. The number of pyridine rings is 1. The highest BCUT2D eigenvalue weighted by Gasteiger charge is 2.41. The monoisotopic (exact) mass is 1300 g/mol. The van der Waals surface area contributed by atoms with Gasteiger partial charge in [-0.15, -0.1) is 0 Å². The summed E-state index contributed by atoms with van der Waals surface area (Å²) in [6.45, 7) is -3.01. The molecule has 14 aromatic carbocycles. The number of hydrogen-bond acceptors (Lipinski definition) is 2. The highest BCUT2D eigenvalue weighted by Crippen LogP contribution is 2.41. The lowest BCUT2D eigenvalue weighted by Crippen LogP contribution is -2.74. The second-order valence-electron chi connectivity index (χ2n) is 21.5. The maximum Gasteiger partial charge on any atom is 0.269 e. The van der Waals surface area contributed by atoms with E-state index >= 15 is 0 Å². The Hall–Kier alpha value is -12.5. The van der Waals surface area contributed by atoms with E-state index in [9.17, 15) is 32.9 Å². The van der Waals surface area contributed by atoms with Crippen LogP contribution in [0.3, 0.4) is 0 Å². The molecule has 0 radical (unpaired) electrons. The van der Waals surface area contributed by atoms with Crippen LogP contribution in [0.5, 0.6) is 11.5 Å². The van der Waals surface area contributed by atoms with E-state index in [2.05, 4.69) is 11.3 Å². The first-order valence-electron chi connectivity index (χ1n) is 51.5. The normalized spacial score (nSPS) is 18.1. The number of hydrogen-bond donors (Lipinski definition) is 0. The summed E-state index contributed by atoms with van der Waals surface area (Å²) in [6, 6.07) is -17.6. The maximum atomic E-state index is 11.2. The van der Waals surface area contributed by atoms with Crippen LogP contribution in [0.1, 0.15) is 65.9 Å². The van der Waals surface area contributed by atoms with Gasteiger partial charge in [-0.3, -0.25) is 13.7 Å². The van der Waals surface area contributed by atoms with Gasteiger partial charge < -0.3 is 4.74 Å². The van der Waals surface area contributed by atoms with E-state index in [1.165, 1.54) is 53.1 Å². The van der Waals surface area contributed by atoms with Crippen LogP contribution in [0.4, 0.5) is 0 Å². The van der Waals surface area contributed by atoms with Crippen LogP contribution in [0.2, 0.25) is 0 Å². The fourth-order valence-electron chi connectivity index (χ4n) is 11.8. The Morgan fingerprint density at radius 3 is 1.64 bits per heavy atom. The van der Waals surface area contributed by atoms with E-state index < -0.39 is 350 Å². The number of rotatable bonds is 15. The Balaban J connectivity index is 1.03. The summed E-state index contributed by atoms with van der Waals surface area (Å²) in [5.41, 5.74) is -8.61. The van der Waals surface area contributed by atoms with Gasteiger partial charge in [0.05, 0.1) is 89.6 Å². The Labute approximate surface area is 627 Å². The van der Waals surface area contributed by atoms with E-state index in [4.69, 9.17) is 32.2 Å². The fourth-order valence-corrected chi connectivity index (χ4v) is 15.4. The largest absolute Gasteiger partial charge is 0.458 e. The number of nitrogens with zero attached hydrogens (tertiary/aromatic N) is 4. The van der Waals surface area contributed by atoms with Gasteiger partial charge >= 0.3 is 0 Å². The number of ether oxygens (including phenoxy) is 1. The van der Waals surface area contributed by atoms with Gasteiger partial charge in [-0.2, -0.15) is 0 Å². The topological polar surface area (TPSA) is 35.9 Å². The molecule has 17 rings (SSSR count). The first kappa shape index (κ1) is 28.2. The molecule has 0 unspecified atom stereocenters. The molecule has 3 aromatic heterocycles. The molecule has 6 heteroatoms.